The van der Waals surface area contributed by atoms with Crippen molar-refractivity contribution in [1.82, 2.24) is 19.7 Å². The average Bonchev–Trinajstić information content (AvgIpc) is 3.25. The second-order valence-corrected chi connectivity index (χ2v) is 7.17. The molecule has 0 atom stereocenters. The van der Waals surface area contributed by atoms with Gasteiger partial charge in [0.15, 0.2) is 0 Å². The number of anilines is 1. The zero-order chi connectivity index (χ0) is 20.1. The zero-order valence-electron chi connectivity index (χ0n) is 15.5. The molecule has 7 nitrogen and oxygen atoms in total. The van der Waals surface area contributed by atoms with Gasteiger partial charge >= 0.3 is 0 Å². The van der Waals surface area contributed by atoms with Crippen LogP contribution in [0.5, 0.6) is 0 Å². The van der Waals surface area contributed by atoms with E-state index >= 15 is 0 Å². The molecular weight excluding hydrogens is 420 g/mol. The summed E-state index contributed by atoms with van der Waals surface area (Å²) in [7, 11) is 0. The summed E-state index contributed by atoms with van der Waals surface area (Å²) in [5, 5.41) is 16.9. The van der Waals surface area contributed by atoms with Crippen molar-refractivity contribution in [3.05, 3.63) is 64.0 Å². The van der Waals surface area contributed by atoms with Gasteiger partial charge in [0.1, 0.15) is 23.1 Å². The van der Waals surface area contributed by atoms with E-state index < -0.39 is 0 Å². The lowest BCUT2D eigenvalue weighted by Crippen LogP contribution is -2.27. The number of nitrogens with two attached hydrogens (primary N) is 1. The minimum atomic E-state index is -0.123. The summed E-state index contributed by atoms with van der Waals surface area (Å²) in [6.45, 7) is 3.19. The van der Waals surface area contributed by atoms with Crippen molar-refractivity contribution >= 4 is 27.7 Å². The fraction of sp³-hybridized carbons (Fsp3) is 0.250. The van der Waals surface area contributed by atoms with E-state index in [2.05, 4.69) is 32.4 Å². The molecule has 144 valence electrons. The Hall–Kier alpha value is -3.05. The Morgan fingerprint density at radius 1 is 1.36 bits per heavy atom. The summed E-state index contributed by atoms with van der Waals surface area (Å²) in [4.78, 5) is 12.4. The molecule has 0 aliphatic rings. The van der Waals surface area contributed by atoms with Crippen LogP contribution in [0.3, 0.4) is 0 Å². The molecule has 3 N–H and O–H groups in total. The molecule has 0 fully saturated rings. The molecule has 8 heteroatoms. The highest BCUT2D eigenvalue weighted by atomic mass is 79.9. The molecule has 0 unspecified atom stereocenters. The zero-order valence-corrected chi connectivity index (χ0v) is 17.1. The highest BCUT2D eigenvalue weighted by Crippen LogP contribution is 2.21. The Labute approximate surface area is 171 Å². The Morgan fingerprint density at radius 3 is 2.79 bits per heavy atom. The number of hydrogen-bond donors (Lipinski definition) is 2. The number of nitriles is 1. The number of aromatic nitrogens is 3. The summed E-state index contributed by atoms with van der Waals surface area (Å²) < 4.78 is 4.34. The first-order valence-electron chi connectivity index (χ1n) is 9.02. The SMILES string of the molecule is CCn1cc(Br)cc1C(=O)NCCCc1nn(-c2ccccc2)c(N)c1C#N. The predicted molar refractivity (Wildman–Crippen MR) is 111 cm³/mol. The third kappa shape index (κ3) is 4.10. The van der Waals surface area contributed by atoms with Crippen LogP contribution in [0.1, 0.15) is 35.1 Å². The van der Waals surface area contributed by atoms with Crippen molar-refractivity contribution < 1.29 is 4.79 Å². The first-order chi connectivity index (χ1) is 13.5. The van der Waals surface area contributed by atoms with Crippen molar-refractivity contribution in [2.45, 2.75) is 26.3 Å². The maximum Gasteiger partial charge on any atom is 0.267 e. The van der Waals surface area contributed by atoms with E-state index in [1.54, 1.807) is 10.7 Å². The van der Waals surface area contributed by atoms with Gasteiger partial charge in [0.25, 0.3) is 5.91 Å². The third-order valence-electron chi connectivity index (χ3n) is 4.42. The van der Waals surface area contributed by atoms with Crippen LogP contribution in [0.4, 0.5) is 5.82 Å². The molecule has 0 spiro atoms. The number of hydrogen-bond acceptors (Lipinski definition) is 4. The molecule has 0 aliphatic carbocycles. The highest BCUT2D eigenvalue weighted by Gasteiger charge is 2.17. The summed E-state index contributed by atoms with van der Waals surface area (Å²) in [5.74, 6) is 0.209. The van der Waals surface area contributed by atoms with Crippen molar-refractivity contribution in [2.24, 2.45) is 0 Å². The first kappa shape index (κ1) is 19.7. The highest BCUT2D eigenvalue weighted by molar-refractivity contribution is 9.10. The number of benzene rings is 1. The van der Waals surface area contributed by atoms with Crippen LogP contribution in [0.15, 0.2) is 47.1 Å². The van der Waals surface area contributed by atoms with Crippen LogP contribution in [0, 0.1) is 11.3 Å². The molecule has 1 amide bonds. The van der Waals surface area contributed by atoms with Gasteiger partial charge in [-0.1, -0.05) is 18.2 Å². The second kappa shape index (κ2) is 8.76. The lowest BCUT2D eigenvalue weighted by Gasteiger charge is -2.07. The summed E-state index contributed by atoms with van der Waals surface area (Å²) in [6, 6.07) is 13.4. The first-order valence-corrected chi connectivity index (χ1v) is 9.81. The lowest BCUT2D eigenvalue weighted by atomic mass is 10.1. The van der Waals surface area contributed by atoms with E-state index in [9.17, 15) is 10.1 Å². The molecule has 0 saturated heterocycles. The quantitative estimate of drug-likeness (QED) is 0.550. The van der Waals surface area contributed by atoms with Crippen LogP contribution in [0.2, 0.25) is 0 Å². The van der Waals surface area contributed by atoms with Crippen LogP contribution in [0.25, 0.3) is 5.69 Å². The summed E-state index contributed by atoms with van der Waals surface area (Å²) in [5.41, 5.74) is 8.56. The van der Waals surface area contributed by atoms with E-state index in [4.69, 9.17) is 5.73 Å². The van der Waals surface area contributed by atoms with E-state index in [0.717, 1.165) is 16.7 Å². The molecular formula is C20H21BrN6O. The van der Waals surface area contributed by atoms with E-state index in [1.165, 1.54) is 0 Å². The topological polar surface area (TPSA) is 102 Å². The van der Waals surface area contributed by atoms with Crippen molar-refractivity contribution in [3.63, 3.8) is 0 Å². The Kier molecular flexibility index (Phi) is 6.16. The number of halogens is 1. The second-order valence-electron chi connectivity index (χ2n) is 6.26. The number of aryl methyl sites for hydroxylation is 2. The molecule has 0 saturated carbocycles. The normalized spacial score (nSPS) is 10.6. The number of carbonyl (C=O) groups excluding carboxylic acids is 1. The Bertz CT molecular complexity index is 1020. The fourth-order valence-electron chi connectivity index (χ4n) is 3.02. The van der Waals surface area contributed by atoms with Gasteiger partial charge in [-0.3, -0.25) is 4.79 Å². The lowest BCUT2D eigenvalue weighted by molar-refractivity contribution is 0.0944. The van der Waals surface area contributed by atoms with Crippen LogP contribution < -0.4 is 11.1 Å². The van der Waals surface area contributed by atoms with E-state index in [1.807, 2.05) is 48.0 Å². The third-order valence-corrected chi connectivity index (χ3v) is 4.85. The average molecular weight is 441 g/mol. The largest absolute Gasteiger partial charge is 0.382 e. The van der Waals surface area contributed by atoms with Crippen molar-refractivity contribution in [3.8, 4) is 11.8 Å². The Balaban J connectivity index is 1.64. The van der Waals surface area contributed by atoms with Crippen molar-refractivity contribution in [1.29, 1.82) is 5.26 Å². The summed E-state index contributed by atoms with van der Waals surface area (Å²) >= 11 is 3.39. The van der Waals surface area contributed by atoms with Gasteiger partial charge in [0, 0.05) is 23.8 Å². The fourth-order valence-corrected chi connectivity index (χ4v) is 3.48. The maximum atomic E-state index is 12.4. The van der Waals surface area contributed by atoms with Gasteiger partial charge in [-0.2, -0.15) is 10.4 Å². The Morgan fingerprint density at radius 2 is 2.11 bits per heavy atom. The minimum Gasteiger partial charge on any atom is -0.382 e. The number of carbonyl (C=O) groups is 1. The molecule has 1 aromatic carbocycles. The number of nitrogen functional groups attached to an aromatic ring is 1. The van der Waals surface area contributed by atoms with Gasteiger partial charge in [0.05, 0.1) is 11.4 Å². The molecule has 0 aliphatic heterocycles. The van der Waals surface area contributed by atoms with Crippen LogP contribution in [-0.4, -0.2) is 26.8 Å². The van der Waals surface area contributed by atoms with Gasteiger partial charge in [-0.05, 0) is 53.9 Å². The molecule has 28 heavy (non-hydrogen) atoms. The number of rotatable bonds is 7. The molecule has 2 heterocycles. The summed E-state index contributed by atoms with van der Waals surface area (Å²) in [6.07, 6.45) is 3.08. The number of nitrogens with zero attached hydrogens (tertiary/aromatic N) is 4. The van der Waals surface area contributed by atoms with Gasteiger partial charge in [-0.15, -0.1) is 0 Å². The standard InChI is InChI=1S/C20H21BrN6O/c1-2-26-13-14(21)11-18(26)20(28)24-10-6-9-17-16(12-22)19(23)27(25-17)15-7-4-3-5-8-15/h3-5,7-8,11,13H,2,6,9-10,23H2,1H3,(H,24,28). The molecule has 0 radical (unpaired) electrons. The minimum absolute atomic E-state index is 0.123. The molecule has 3 aromatic rings. The van der Waals surface area contributed by atoms with Gasteiger partial charge in [-0.25, -0.2) is 4.68 Å². The van der Waals surface area contributed by atoms with Crippen molar-refractivity contribution in [2.75, 3.05) is 12.3 Å². The van der Waals surface area contributed by atoms with Gasteiger partial charge < -0.3 is 15.6 Å². The molecule has 2 aromatic heterocycles. The van der Waals surface area contributed by atoms with Crippen LogP contribution >= 0.6 is 15.9 Å². The number of para-hydroxylation sites is 1. The number of amides is 1. The monoisotopic (exact) mass is 440 g/mol. The van der Waals surface area contributed by atoms with Crippen LogP contribution in [-0.2, 0) is 13.0 Å². The smallest absolute Gasteiger partial charge is 0.267 e. The number of nitrogens with one attached hydrogen (secondary N) is 1. The predicted octanol–water partition coefficient (Wildman–Crippen LogP) is 3.27. The maximum absolute atomic E-state index is 12.4. The van der Waals surface area contributed by atoms with E-state index in [-0.39, 0.29) is 5.91 Å². The molecule has 0 bridgehead atoms. The van der Waals surface area contributed by atoms with E-state index in [0.29, 0.717) is 42.2 Å². The molecule has 3 rings (SSSR count). The van der Waals surface area contributed by atoms with Gasteiger partial charge in [0.2, 0.25) is 0 Å².